The second-order valence-electron chi connectivity index (χ2n) is 4.88. The lowest BCUT2D eigenvalue weighted by Crippen LogP contribution is -2.34. The Labute approximate surface area is 128 Å². The minimum absolute atomic E-state index is 0.172. The Kier molecular flexibility index (Phi) is 5.31. The van der Waals surface area contributed by atoms with E-state index in [9.17, 15) is 9.90 Å². The summed E-state index contributed by atoms with van der Waals surface area (Å²) >= 11 is 5.88. The van der Waals surface area contributed by atoms with Crippen LogP contribution in [0.4, 0.5) is 0 Å². The van der Waals surface area contributed by atoms with Gasteiger partial charge in [0.2, 0.25) is 0 Å². The van der Waals surface area contributed by atoms with Gasteiger partial charge >= 0.3 is 0 Å². The maximum absolute atomic E-state index is 12.1. The van der Waals surface area contributed by atoms with E-state index in [1.54, 1.807) is 12.1 Å². The topological polar surface area (TPSA) is 62.2 Å². The number of pyridine rings is 1. The van der Waals surface area contributed by atoms with E-state index in [4.69, 9.17) is 11.6 Å². The van der Waals surface area contributed by atoms with E-state index in [1.165, 1.54) is 6.20 Å². The molecule has 2 atom stereocenters. The van der Waals surface area contributed by atoms with Crippen LogP contribution in [-0.2, 0) is 0 Å². The van der Waals surface area contributed by atoms with E-state index >= 15 is 0 Å². The van der Waals surface area contributed by atoms with Crippen molar-refractivity contribution >= 4 is 17.5 Å². The third kappa shape index (κ3) is 4.28. The van der Waals surface area contributed by atoms with Crippen LogP contribution in [0.2, 0.25) is 5.15 Å². The highest BCUT2D eigenvalue weighted by Gasteiger charge is 2.16. The van der Waals surface area contributed by atoms with Gasteiger partial charge in [-0.3, -0.25) is 4.79 Å². The predicted octanol–water partition coefficient (Wildman–Crippen LogP) is 2.98. The van der Waals surface area contributed by atoms with E-state index in [1.807, 2.05) is 37.3 Å². The molecule has 0 radical (unpaired) electrons. The Bertz CT molecular complexity index is 604. The van der Waals surface area contributed by atoms with E-state index in [0.717, 1.165) is 5.56 Å². The van der Waals surface area contributed by atoms with E-state index in [-0.39, 0.29) is 17.1 Å². The van der Waals surface area contributed by atoms with Gasteiger partial charge in [0.25, 0.3) is 5.91 Å². The van der Waals surface area contributed by atoms with Crippen LogP contribution >= 0.6 is 11.6 Å². The van der Waals surface area contributed by atoms with Gasteiger partial charge in [-0.25, -0.2) is 4.98 Å². The number of amides is 1. The van der Waals surface area contributed by atoms with Crippen molar-refractivity contribution in [1.82, 2.24) is 10.3 Å². The lowest BCUT2D eigenvalue weighted by Gasteiger charge is -2.18. The lowest BCUT2D eigenvalue weighted by atomic mass is 10.0. The molecular weight excluding hydrogens is 288 g/mol. The van der Waals surface area contributed by atoms with Gasteiger partial charge in [-0.2, -0.15) is 0 Å². The molecule has 21 heavy (non-hydrogen) atoms. The molecule has 110 valence electrons. The first-order valence-corrected chi connectivity index (χ1v) is 7.10. The molecule has 0 fully saturated rings. The molecule has 2 unspecified atom stereocenters. The van der Waals surface area contributed by atoms with Crippen molar-refractivity contribution in [2.45, 2.75) is 25.5 Å². The van der Waals surface area contributed by atoms with Crippen LogP contribution in [0.15, 0.2) is 48.7 Å². The highest BCUT2D eigenvalue weighted by Crippen LogP contribution is 2.18. The second-order valence-corrected chi connectivity index (χ2v) is 5.24. The first-order valence-electron chi connectivity index (χ1n) is 6.72. The SMILES string of the molecule is CC(CC(O)c1ccccc1)NC(=O)c1cccnc1Cl. The van der Waals surface area contributed by atoms with Crippen LogP contribution in [0.25, 0.3) is 0 Å². The molecule has 0 saturated heterocycles. The number of aliphatic hydroxyl groups is 1. The van der Waals surface area contributed by atoms with Gasteiger partial charge < -0.3 is 10.4 Å². The molecule has 0 aliphatic rings. The smallest absolute Gasteiger partial charge is 0.254 e. The zero-order valence-electron chi connectivity index (χ0n) is 11.7. The summed E-state index contributed by atoms with van der Waals surface area (Å²) in [5, 5.41) is 13.1. The second kappa shape index (κ2) is 7.20. The molecule has 0 aliphatic carbocycles. The first-order chi connectivity index (χ1) is 10.1. The number of rotatable bonds is 5. The molecule has 0 spiro atoms. The van der Waals surface area contributed by atoms with Gasteiger partial charge in [-0.1, -0.05) is 41.9 Å². The third-order valence-electron chi connectivity index (χ3n) is 3.14. The zero-order chi connectivity index (χ0) is 15.2. The summed E-state index contributed by atoms with van der Waals surface area (Å²) < 4.78 is 0. The number of carbonyl (C=O) groups excluding carboxylic acids is 1. The summed E-state index contributed by atoms with van der Waals surface area (Å²) in [6.07, 6.45) is 1.33. The monoisotopic (exact) mass is 304 g/mol. The summed E-state index contributed by atoms with van der Waals surface area (Å²) in [6, 6.07) is 12.4. The molecule has 1 aromatic carbocycles. The molecule has 2 N–H and O–H groups in total. The van der Waals surface area contributed by atoms with Crippen molar-refractivity contribution in [1.29, 1.82) is 0 Å². The Hall–Kier alpha value is -1.91. The minimum atomic E-state index is -0.620. The van der Waals surface area contributed by atoms with E-state index in [0.29, 0.717) is 12.0 Å². The Morgan fingerprint density at radius 2 is 2.00 bits per heavy atom. The maximum Gasteiger partial charge on any atom is 0.254 e. The fourth-order valence-electron chi connectivity index (χ4n) is 2.06. The Morgan fingerprint density at radius 1 is 1.29 bits per heavy atom. The summed E-state index contributed by atoms with van der Waals surface area (Å²) in [5.74, 6) is -0.291. The van der Waals surface area contributed by atoms with Crippen molar-refractivity contribution in [3.8, 4) is 0 Å². The van der Waals surface area contributed by atoms with Gasteiger partial charge in [0.15, 0.2) is 0 Å². The van der Waals surface area contributed by atoms with Crippen molar-refractivity contribution in [2.24, 2.45) is 0 Å². The quantitative estimate of drug-likeness (QED) is 0.835. The largest absolute Gasteiger partial charge is 0.388 e. The number of aliphatic hydroxyl groups excluding tert-OH is 1. The minimum Gasteiger partial charge on any atom is -0.388 e. The maximum atomic E-state index is 12.1. The van der Waals surface area contributed by atoms with Crippen LogP contribution in [0, 0.1) is 0 Å². The summed E-state index contributed by atoms with van der Waals surface area (Å²) in [4.78, 5) is 15.9. The molecule has 4 nitrogen and oxygen atoms in total. The highest BCUT2D eigenvalue weighted by atomic mass is 35.5. The number of nitrogens with zero attached hydrogens (tertiary/aromatic N) is 1. The van der Waals surface area contributed by atoms with Crippen LogP contribution in [0.5, 0.6) is 0 Å². The van der Waals surface area contributed by atoms with Gasteiger partial charge in [0, 0.05) is 12.2 Å². The molecule has 0 saturated carbocycles. The fourth-order valence-corrected chi connectivity index (χ4v) is 2.27. The van der Waals surface area contributed by atoms with Gasteiger partial charge in [-0.15, -0.1) is 0 Å². The van der Waals surface area contributed by atoms with Crippen molar-refractivity contribution in [3.05, 3.63) is 64.9 Å². The highest BCUT2D eigenvalue weighted by molar-refractivity contribution is 6.32. The molecule has 0 bridgehead atoms. The molecule has 2 rings (SSSR count). The number of hydrogen-bond donors (Lipinski definition) is 2. The van der Waals surface area contributed by atoms with E-state index < -0.39 is 6.10 Å². The summed E-state index contributed by atoms with van der Waals surface area (Å²) in [6.45, 7) is 1.84. The molecular formula is C16H17ClN2O2. The van der Waals surface area contributed by atoms with Crippen molar-refractivity contribution in [2.75, 3.05) is 0 Å². The van der Waals surface area contributed by atoms with Crippen LogP contribution in [0.1, 0.15) is 35.4 Å². The first kappa shape index (κ1) is 15.5. The number of carbonyl (C=O) groups is 1. The number of halogens is 1. The zero-order valence-corrected chi connectivity index (χ0v) is 12.4. The van der Waals surface area contributed by atoms with E-state index in [2.05, 4.69) is 10.3 Å². The van der Waals surface area contributed by atoms with Crippen LogP contribution < -0.4 is 5.32 Å². The average molecular weight is 305 g/mol. The summed E-state index contributed by atoms with van der Waals surface area (Å²) in [5.41, 5.74) is 1.17. The third-order valence-corrected chi connectivity index (χ3v) is 3.44. The number of hydrogen-bond acceptors (Lipinski definition) is 3. The molecule has 1 heterocycles. The molecule has 0 aliphatic heterocycles. The summed E-state index contributed by atoms with van der Waals surface area (Å²) in [7, 11) is 0. The average Bonchev–Trinajstić information content (AvgIpc) is 2.48. The number of nitrogens with one attached hydrogen (secondary N) is 1. The standard InChI is InChI=1S/C16H17ClN2O2/c1-11(10-14(20)12-6-3-2-4-7-12)19-16(21)13-8-5-9-18-15(13)17/h2-9,11,14,20H,10H2,1H3,(H,19,21). The normalized spacial score (nSPS) is 13.5. The molecule has 1 amide bonds. The Balaban J connectivity index is 1.94. The Morgan fingerprint density at radius 3 is 2.67 bits per heavy atom. The number of aromatic nitrogens is 1. The van der Waals surface area contributed by atoms with Gasteiger partial charge in [0.05, 0.1) is 11.7 Å². The van der Waals surface area contributed by atoms with Gasteiger partial charge in [0.1, 0.15) is 5.15 Å². The predicted molar refractivity (Wildman–Crippen MR) is 82.2 cm³/mol. The lowest BCUT2D eigenvalue weighted by molar-refractivity contribution is 0.0917. The van der Waals surface area contributed by atoms with Crippen molar-refractivity contribution in [3.63, 3.8) is 0 Å². The molecule has 2 aromatic rings. The molecule has 5 heteroatoms. The molecule has 1 aromatic heterocycles. The number of benzene rings is 1. The fraction of sp³-hybridized carbons (Fsp3) is 0.250. The van der Waals surface area contributed by atoms with Gasteiger partial charge in [-0.05, 0) is 31.0 Å². The van der Waals surface area contributed by atoms with Crippen LogP contribution in [-0.4, -0.2) is 22.0 Å². The van der Waals surface area contributed by atoms with Crippen LogP contribution in [0.3, 0.4) is 0 Å². The van der Waals surface area contributed by atoms with Crippen molar-refractivity contribution < 1.29 is 9.90 Å².